The molecule has 18 heavy (non-hydrogen) atoms. The SMILES string of the molecule is Cc1ncc(C(N)c2cnccc2C(F)(F)F)s1. The number of hydrogen-bond donors (Lipinski definition) is 1. The Morgan fingerprint density at radius 2 is 2.06 bits per heavy atom. The summed E-state index contributed by atoms with van der Waals surface area (Å²) in [4.78, 5) is 8.30. The molecule has 0 radical (unpaired) electrons. The minimum atomic E-state index is -4.43. The molecule has 7 heteroatoms. The van der Waals surface area contributed by atoms with Gasteiger partial charge in [-0.3, -0.25) is 4.98 Å². The second kappa shape index (κ2) is 4.66. The maximum absolute atomic E-state index is 12.8. The molecule has 2 heterocycles. The van der Waals surface area contributed by atoms with Gasteiger partial charge in [0.1, 0.15) is 0 Å². The zero-order chi connectivity index (χ0) is 13.3. The molecule has 0 saturated heterocycles. The van der Waals surface area contributed by atoms with E-state index in [9.17, 15) is 13.2 Å². The third-order valence-electron chi connectivity index (χ3n) is 2.44. The number of nitrogens with two attached hydrogens (primary N) is 1. The topological polar surface area (TPSA) is 51.8 Å². The minimum Gasteiger partial charge on any atom is -0.319 e. The van der Waals surface area contributed by atoms with Gasteiger partial charge in [-0.1, -0.05) is 0 Å². The first-order valence-electron chi connectivity index (χ1n) is 5.08. The number of thiazole rings is 1. The van der Waals surface area contributed by atoms with Crippen LogP contribution in [0.4, 0.5) is 13.2 Å². The lowest BCUT2D eigenvalue weighted by Crippen LogP contribution is -2.18. The molecular weight excluding hydrogens is 263 g/mol. The van der Waals surface area contributed by atoms with Crippen LogP contribution in [0.1, 0.15) is 27.1 Å². The summed E-state index contributed by atoms with van der Waals surface area (Å²) in [6.07, 6.45) is -0.674. The zero-order valence-electron chi connectivity index (χ0n) is 9.40. The lowest BCUT2D eigenvalue weighted by atomic mass is 10.0. The van der Waals surface area contributed by atoms with Crippen molar-refractivity contribution in [3.05, 3.63) is 45.7 Å². The smallest absolute Gasteiger partial charge is 0.319 e. The molecule has 1 unspecified atom stereocenters. The molecule has 3 nitrogen and oxygen atoms in total. The second-order valence-electron chi connectivity index (χ2n) is 3.72. The normalized spacial score (nSPS) is 13.6. The third-order valence-corrected chi connectivity index (χ3v) is 3.43. The van der Waals surface area contributed by atoms with E-state index >= 15 is 0 Å². The van der Waals surface area contributed by atoms with Crippen molar-refractivity contribution in [3.63, 3.8) is 0 Å². The van der Waals surface area contributed by atoms with E-state index in [1.165, 1.54) is 17.5 Å². The maximum Gasteiger partial charge on any atom is 0.416 e. The summed E-state index contributed by atoms with van der Waals surface area (Å²) in [5, 5.41) is 0.762. The van der Waals surface area contributed by atoms with E-state index in [2.05, 4.69) is 9.97 Å². The fourth-order valence-electron chi connectivity index (χ4n) is 1.59. The molecule has 2 rings (SSSR count). The van der Waals surface area contributed by atoms with Gasteiger partial charge in [-0.05, 0) is 13.0 Å². The number of hydrogen-bond acceptors (Lipinski definition) is 4. The van der Waals surface area contributed by atoms with Gasteiger partial charge in [0.2, 0.25) is 0 Å². The Morgan fingerprint density at radius 1 is 1.33 bits per heavy atom. The fourth-order valence-corrected chi connectivity index (χ4v) is 2.39. The van der Waals surface area contributed by atoms with Crippen LogP contribution in [0.2, 0.25) is 0 Å². The van der Waals surface area contributed by atoms with E-state index in [1.54, 1.807) is 6.92 Å². The van der Waals surface area contributed by atoms with Crippen molar-refractivity contribution in [2.45, 2.75) is 19.1 Å². The van der Waals surface area contributed by atoms with Gasteiger partial charge >= 0.3 is 6.18 Å². The number of nitrogens with zero attached hydrogens (tertiary/aromatic N) is 2. The van der Waals surface area contributed by atoms with Crippen molar-refractivity contribution in [2.24, 2.45) is 5.73 Å². The molecule has 2 aromatic heterocycles. The molecule has 1 atom stereocenters. The molecule has 0 amide bonds. The van der Waals surface area contributed by atoms with Crippen LogP contribution in [0.15, 0.2) is 24.7 Å². The van der Waals surface area contributed by atoms with Crippen LogP contribution in [-0.2, 0) is 6.18 Å². The van der Waals surface area contributed by atoms with Crippen molar-refractivity contribution in [3.8, 4) is 0 Å². The highest BCUT2D eigenvalue weighted by molar-refractivity contribution is 7.11. The zero-order valence-corrected chi connectivity index (χ0v) is 10.2. The molecular formula is C11H10F3N3S. The molecule has 0 aliphatic heterocycles. The fraction of sp³-hybridized carbons (Fsp3) is 0.273. The molecule has 96 valence electrons. The first-order chi connectivity index (χ1) is 8.39. The van der Waals surface area contributed by atoms with Crippen molar-refractivity contribution in [1.82, 2.24) is 9.97 Å². The number of halogens is 3. The number of rotatable bonds is 2. The van der Waals surface area contributed by atoms with Gasteiger partial charge in [-0.15, -0.1) is 11.3 Å². The van der Waals surface area contributed by atoms with Gasteiger partial charge in [0.05, 0.1) is 16.6 Å². The lowest BCUT2D eigenvalue weighted by Gasteiger charge is -2.16. The van der Waals surface area contributed by atoms with Crippen molar-refractivity contribution >= 4 is 11.3 Å². The van der Waals surface area contributed by atoms with Gasteiger partial charge in [0.15, 0.2) is 0 Å². The maximum atomic E-state index is 12.8. The number of alkyl halides is 3. The first kappa shape index (κ1) is 13.0. The Labute approximate surface area is 105 Å². The van der Waals surface area contributed by atoms with Crippen molar-refractivity contribution in [1.29, 1.82) is 0 Å². The highest BCUT2D eigenvalue weighted by Crippen LogP contribution is 2.36. The summed E-state index contributed by atoms with van der Waals surface area (Å²) in [5.41, 5.74) is 5.07. The van der Waals surface area contributed by atoms with Crippen LogP contribution in [-0.4, -0.2) is 9.97 Å². The van der Waals surface area contributed by atoms with Gasteiger partial charge in [0.25, 0.3) is 0 Å². The van der Waals surface area contributed by atoms with Crippen LogP contribution >= 0.6 is 11.3 Å². The van der Waals surface area contributed by atoms with E-state index in [4.69, 9.17) is 5.73 Å². The van der Waals surface area contributed by atoms with E-state index in [0.717, 1.165) is 23.5 Å². The Balaban J connectivity index is 2.45. The standard InChI is InChI=1S/C11H10F3N3S/c1-6-17-5-9(18-6)10(15)7-4-16-3-2-8(7)11(12,13)14/h2-5,10H,15H2,1H3. The summed E-state index contributed by atoms with van der Waals surface area (Å²) in [5.74, 6) is 0. The van der Waals surface area contributed by atoms with E-state index in [1.807, 2.05) is 0 Å². The van der Waals surface area contributed by atoms with Crippen LogP contribution < -0.4 is 5.73 Å². The third kappa shape index (κ3) is 2.51. The predicted octanol–water partition coefficient (Wildman–Crippen LogP) is 2.91. The van der Waals surface area contributed by atoms with E-state index in [-0.39, 0.29) is 5.56 Å². The summed E-state index contributed by atoms with van der Waals surface area (Å²) >= 11 is 1.28. The first-order valence-corrected chi connectivity index (χ1v) is 5.90. The predicted molar refractivity (Wildman–Crippen MR) is 62.1 cm³/mol. The summed E-state index contributed by atoms with van der Waals surface area (Å²) < 4.78 is 38.5. The molecule has 0 bridgehead atoms. The Bertz CT molecular complexity index is 550. The molecule has 0 saturated carbocycles. The van der Waals surface area contributed by atoms with Gasteiger partial charge in [-0.2, -0.15) is 13.2 Å². The average Bonchev–Trinajstić information content (AvgIpc) is 2.74. The summed E-state index contributed by atoms with van der Waals surface area (Å²) in [6, 6.07) is 0.0739. The summed E-state index contributed by atoms with van der Waals surface area (Å²) in [7, 11) is 0. The number of aromatic nitrogens is 2. The highest BCUT2D eigenvalue weighted by Gasteiger charge is 2.35. The Kier molecular flexibility index (Phi) is 3.36. The Morgan fingerprint density at radius 3 is 2.61 bits per heavy atom. The van der Waals surface area contributed by atoms with Gasteiger partial charge in [-0.25, -0.2) is 4.98 Å². The highest BCUT2D eigenvalue weighted by atomic mass is 32.1. The minimum absolute atomic E-state index is 0.0337. The summed E-state index contributed by atoms with van der Waals surface area (Å²) in [6.45, 7) is 1.77. The molecule has 2 aromatic rings. The lowest BCUT2D eigenvalue weighted by molar-refractivity contribution is -0.138. The molecule has 0 spiro atoms. The monoisotopic (exact) mass is 273 g/mol. The van der Waals surface area contributed by atoms with Crippen LogP contribution in [0.3, 0.4) is 0 Å². The molecule has 0 aromatic carbocycles. The van der Waals surface area contributed by atoms with Crippen molar-refractivity contribution < 1.29 is 13.2 Å². The second-order valence-corrected chi connectivity index (χ2v) is 4.99. The van der Waals surface area contributed by atoms with E-state index < -0.39 is 17.8 Å². The number of aryl methyl sites for hydroxylation is 1. The van der Waals surface area contributed by atoms with Crippen molar-refractivity contribution in [2.75, 3.05) is 0 Å². The van der Waals surface area contributed by atoms with Crippen LogP contribution in [0.5, 0.6) is 0 Å². The average molecular weight is 273 g/mol. The van der Waals surface area contributed by atoms with Crippen LogP contribution in [0.25, 0.3) is 0 Å². The quantitative estimate of drug-likeness (QED) is 0.915. The molecule has 0 aliphatic carbocycles. The van der Waals surface area contributed by atoms with Crippen LogP contribution in [0, 0.1) is 6.92 Å². The van der Waals surface area contributed by atoms with Gasteiger partial charge in [0, 0.05) is 29.0 Å². The number of pyridine rings is 1. The largest absolute Gasteiger partial charge is 0.416 e. The van der Waals surface area contributed by atoms with E-state index in [0.29, 0.717) is 4.88 Å². The van der Waals surface area contributed by atoms with Gasteiger partial charge < -0.3 is 5.73 Å². The molecule has 2 N–H and O–H groups in total. The molecule has 0 fully saturated rings. The molecule has 0 aliphatic rings. The Hall–Kier alpha value is -1.47.